The molecule has 1 amide bonds. The van der Waals surface area contributed by atoms with Crippen LogP contribution in [0.25, 0.3) is 0 Å². The Balaban J connectivity index is 2.04. The van der Waals surface area contributed by atoms with Crippen molar-refractivity contribution in [2.45, 2.75) is 53.7 Å². The van der Waals surface area contributed by atoms with Crippen LogP contribution in [0.3, 0.4) is 0 Å². The molecule has 7 nitrogen and oxygen atoms in total. The first-order valence-corrected chi connectivity index (χ1v) is 10.9. The zero-order valence-corrected chi connectivity index (χ0v) is 19.6. The summed E-state index contributed by atoms with van der Waals surface area (Å²) in [5.41, 5.74) is 1.36. The lowest BCUT2D eigenvalue weighted by Crippen LogP contribution is -2.44. The molecule has 0 fully saturated rings. The van der Waals surface area contributed by atoms with Gasteiger partial charge in [-0.1, -0.05) is 12.1 Å². The Bertz CT molecular complexity index is 881. The molecule has 0 spiro atoms. The van der Waals surface area contributed by atoms with Gasteiger partial charge in [0.2, 0.25) is 0 Å². The van der Waals surface area contributed by atoms with Crippen LogP contribution >= 0.6 is 0 Å². The van der Waals surface area contributed by atoms with Crippen LogP contribution in [0, 0.1) is 13.8 Å². The molecule has 0 bridgehead atoms. The van der Waals surface area contributed by atoms with Crippen molar-refractivity contribution >= 4 is 11.9 Å². The van der Waals surface area contributed by atoms with E-state index in [1.807, 2.05) is 65.0 Å². The summed E-state index contributed by atoms with van der Waals surface area (Å²) >= 11 is 0. The molecular formula is C24H36N4O3. The molecule has 2 rings (SSSR count). The monoisotopic (exact) mass is 428 g/mol. The summed E-state index contributed by atoms with van der Waals surface area (Å²) < 4.78 is 5.56. The minimum absolute atomic E-state index is 0.0436. The number of guanidine groups is 1. The van der Waals surface area contributed by atoms with Crippen LogP contribution < -0.4 is 10.6 Å². The van der Waals surface area contributed by atoms with E-state index in [1.165, 1.54) is 0 Å². The van der Waals surface area contributed by atoms with Crippen molar-refractivity contribution in [2.24, 2.45) is 4.99 Å². The number of aryl methyl sites for hydroxylation is 2. The molecule has 0 saturated heterocycles. The van der Waals surface area contributed by atoms with Gasteiger partial charge in [0, 0.05) is 30.8 Å². The highest BCUT2D eigenvalue weighted by molar-refractivity contribution is 5.94. The first-order valence-electron chi connectivity index (χ1n) is 10.9. The van der Waals surface area contributed by atoms with Gasteiger partial charge < -0.3 is 25.1 Å². The van der Waals surface area contributed by atoms with Crippen LogP contribution in [0.15, 0.2) is 39.7 Å². The number of rotatable bonds is 9. The van der Waals surface area contributed by atoms with E-state index in [2.05, 4.69) is 15.6 Å². The third-order valence-electron chi connectivity index (χ3n) is 5.24. The van der Waals surface area contributed by atoms with Crippen LogP contribution in [0.2, 0.25) is 0 Å². The fourth-order valence-electron chi connectivity index (χ4n) is 3.47. The average Bonchev–Trinajstić information content (AvgIpc) is 3.10. The number of hydrogen-bond donors (Lipinski definition) is 3. The molecule has 0 aliphatic carbocycles. The maximum Gasteiger partial charge on any atom is 0.253 e. The zero-order chi connectivity index (χ0) is 23.0. The van der Waals surface area contributed by atoms with Crippen molar-refractivity contribution < 1.29 is 14.3 Å². The van der Waals surface area contributed by atoms with Crippen molar-refractivity contribution in [2.75, 3.05) is 26.2 Å². The molecule has 170 valence electrons. The molecule has 7 heteroatoms. The van der Waals surface area contributed by atoms with Crippen molar-refractivity contribution in [3.63, 3.8) is 0 Å². The topological polar surface area (TPSA) is 90.1 Å². The molecule has 0 saturated carbocycles. The maximum absolute atomic E-state index is 12.4. The van der Waals surface area contributed by atoms with E-state index >= 15 is 0 Å². The Morgan fingerprint density at radius 1 is 1.13 bits per heavy atom. The van der Waals surface area contributed by atoms with Crippen molar-refractivity contribution in [1.82, 2.24) is 15.5 Å². The van der Waals surface area contributed by atoms with Crippen LogP contribution in [-0.4, -0.2) is 48.1 Å². The Morgan fingerprint density at radius 2 is 1.77 bits per heavy atom. The summed E-state index contributed by atoms with van der Waals surface area (Å²) in [5.74, 6) is 2.15. The van der Waals surface area contributed by atoms with Crippen molar-refractivity contribution in [3.05, 3.63) is 58.5 Å². The molecular weight excluding hydrogens is 392 g/mol. The van der Waals surface area contributed by atoms with Gasteiger partial charge in [-0.15, -0.1) is 0 Å². The lowest BCUT2D eigenvalue weighted by molar-refractivity contribution is 0.0601. The second kappa shape index (κ2) is 11.0. The molecule has 0 aliphatic rings. The van der Waals surface area contributed by atoms with E-state index in [1.54, 1.807) is 11.8 Å². The van der Waals surface area contributed by atoms with Gasteiger partial charge in [0.05, 0.1) is 13.1 Å². The van der Waals surface area contributed by atoms with E-state index < -0.39 is 5.60 Å². The molecule has 1 aromatic heterocycles. The standard InChI is InChI=1S/C24H36N4O3/c1-7-25-23(27-16-24(6,30)21-14-17(4)31-18(21)5)26-15-19-10-12-20(13-11-19)22(29)28(8-2)9-3/h10-14,30H,7-9,15-16H2,1-6H3,(H2,25,26,27). The summed E-state index contributed by atoms with van der Waals surface area (Å²) in [6, 6.07) is 9.42. The second-order valence-electron chi connectivity index (χ2n) is 7.82. The zero-order valence-electron chi connectivity index (χ0n) is 19.6. The first-order chi connectivity index (χ1) is 14.7. The number of furan rings is 1. The SMILES string of the molecule is CCNC(=NCc1ccc(C(=O)N(CC)CC)cc1)NCC(C)(O)c1cc(C)oc1C. The largest absolute Gasteiger partial charge is 0.466 e. The minimum Gasteiger partial charge on any atom is -0.466 e. The van der Waals surface area contributed by atoms with E-state index in [-0.39, 0.29) is 12.5 Å². The number of aliphatic hydroxyl groups is 1. The maximum atomic E-state index is 12.4. The number of carbonyl (C=O) groups is 1. The van der Waals surface area contributed by atoms with Gasteiger partial charge in [0.1, 0.15) is 17.1 Å². The van der Waals surface area contributed by atoms with Crippen molar-refractivity contribution in [1.29, 1.82) is 0 Å². The Morgan fingerprint density at radius 3 is 2.29 bits per heavy atom. The lowest BCUT2D eigenvalue weighted by Gasteiger charge is -2.24. The molecule has 2 aromatic rings. The Hall–Kier alpha value is -2.80. The summed E-state index contributed by atoms with van der Waals surface area (Å²) in [4.78, 5) is 18.9. The summed E-state index contributed by atoms with van der Waals surface area (Å²) in [7, 11) is 0. The van der Waals surface area contributed by atoms with Gasteiger partial charge in [0.25, 0.3) is 5.91 Å². The van der Waals surface area contributed by atoms with Crippen LogP contribution in [0.1, 0.15) is 60.7 Å². The van der Waals surface area contributed by atoms with E-state index in [9.17, 15) is 9.90 Å². The summed E-state index contributed by atoms with van der Waals surface area (Å²) in [6.45, 7) is 14.3. The third-order valence-corrected chi connectivity index (χ3v) is 5.24. The number of nitrogens with one attached hydrogen (secondary N) is 2. The number of amides is 1. The van der Waals surface area contributed by atoms with E-state index in [0.717, 1.165) is 16.9 Å². The smallest absolute Gasteiger partial charge is 0.253 e. The Labute approximate surface area is 185 Å². The molecule has 31 heavy (non-hydrogen) atoms. The average molecular weight is 429 g/mol. The van der Waals surface area contributed by atoms with Gasteiger partial charge in [0.15, 0.2) is 5.96 Å². The van der Waals surface area contributed by atoms with E-state index in [0.29, 0.717) is 43.5 Å². The highest BCUT2D eigenvalue weighted by Crippen LogP contribution is 2.26. The molecule has 0 aliphatic heterocycles. The predicted octanol–water partition coefficient (Wildman–Crippen LogP) is 3.34. The first kappa shape index (κ1) is 24.5. The normalized spacial score (nSPS) is 13.6. The van der Waals surface area contributed by atoms with Gasteiger partial charge in [-0.3, -0.25) is 4.79 Å². The quantitative estimate of drug-likeness (QED) is 0.421. The lowest BCUT2D eigenvalue weighted by atomic mass is 9.96. The molecule has 1 atom stereocenters. The fraction of sp³-hybridized carbons (Fsp3) is 0.500. The number of hydrogen-bond acceptors (Lipinski definition) is 4. The minimum atomic E-state index is -1.09. The van der Waals surface area contributed by atoms with Gasteiger partial charge in [-0.2, -0.15) is 0 Å². The highest BCUT2D eigenvalue weighted by Gasteiger charge is 2.27. The summed E-state index contributed by atoms with van der Waals surface area (Å²) in [5, 5.41) is 17.3. The molecule has 3 N–H and O–H groups in total. The fourth-order valence-corrected chi connectivity index (χ4v) is 3.47. The Kier molecular flexibility index (Phi) is 8.68. The molecule has 1 heterocycles. The van der Waals surface area contributed by atoms with Gasteiger partial charge in [-0.25, -0.2) is 4.99 Å². The van der Waals surface area contributed by atoms with Crippen LogP contribution in [0.4, 0.5) is 0 Å². The van der Waals surface area contributed by atoms with Gasteiger partial charge >= 0.3 is 0 Å². The van der Waals surface area contributed by atoms with Crippen LogP contribution in [-0.2, 0) is 12.1 Å². The number of aliphatic imine (C=N–C) groups is 1. The summed E-state index contributed by atoms with van der Waals surface area (Å²) in [6.07, 6.45) is 0. The van der Waals surface area contributed by atoms with Gasteiger partial charge in [-0.05, 0) is 65.3 Å². The van der Waals surface area contributed by atoms with Crippen molar-refractivity contribution in [3.8, 4) is 0 Å². The second-order valence-corrected chi connectivity index (χ2v) is 7.82. The predicted molar refractivity (Wildman–Crippen MR) is 124 cm³/mol. The highest BCUT2D eigenvalue weighted by atomic mass is 16.3. The third kappa shape index (κ3) is 6.59. The number of benzene rings is 1. The molecule has 1 unspecified atom stereocenters. The molecule has 0 radical (unpaired) electrons. The number of nitrogens with zero attached hydrogens (tertiary/aromatic N) is 2. The number of carbonyl (C=O) groups excluding carboxylic acids is 1. The van der Waals surface area contributed by atoms with E-state index in [4.69, 9.17) is 4.42 Å². The van der Waals surface area contributed by atoms with Crippen LogP contribution in [0.5, 0.6) is 0 Å². The molecule has 1 aromatic carbocycles.